The van der Waals surface area contributed by atoms with Crippen LogP contribution in [0, 0.1) is 19.8 Å². The number of nitrogens with zero attached hydrogens (tertiary/aromatic N) is 6. The fourth-order valence-corrected chi connectivity index (χ4v) is 8.28. The highest BCUT2D eigenvalue weighted by Gasteiger charge is 2.37. The minimum absolute atomic E-state index is 0.313. The van der Waals surface area contributed by atoms with Gasteiger partial charge in [0.1, 0.15) is 35.4 Å². The lowest BCUT2D eigenvalue weighted by molar-refractivity contribution is 0.550. The average Bonchev–Trinajstić information content (AvgIpc) is 4.01. The van der Waals surface area contributed by atoms with Crippen LogP contribution >= 0.6 is 0 Å². The van der Waals surface area contributed by atoms with Crippen molar-refractivity contribution in [1.82, 2.24) is 0 Å². The van der Waals surface area contributed by atoms with Crippen molar-refractivity contribution in [3.8, 4) is 0 Å². The van der Waals surface area contributed by atoms with Gasteiger partial charge in [-0.1, -0.05) is 0 Å². The molecule has 11 nitrogen and oxygen atoms in total. The molecule has 1 atom stereocenters. The Morgan fingerprint density at radius 1 is 0.607 bits per heavy atom. The number of furan rings is 3. The van der Waals surface area contributed by atoms with Gasteiger partial charge in [0.25, 0.3) is 0 Å². The van der Waals surface area contributed by atoms with Crippen LogP contribution in [-0.2, 0) is 0 Å². The molecule has 2 saturated heterocycles. The maximum atomic E-state index is 6.02. The van der Waals surface area contributed by atoms with Gasteiger partial charge in [-0.2, -0.15) is 0 Å². The highest BCUT2D eigenvalue weighted by molar-refractivity contribution is 6.30. The Morgan fingerprint density at radius 2 is 1.21 bits per heavy atom. The number of aryl methyl sites for hydroxylation is 2. The Morgan fingerprint density at radius 3 is 1.80 bits per heavy atom. The van der Waals surface area contributed by atoms with E-state index in [2.05, 4.69) is 69.0 Å². The number of nitrogens with one attached hydrogen (secondary N) is 2. The van der Waals surface area contributed by atoms with Crippen molar-refractivity contribution in [2.24, 2.45) is 25.9 Å². The third kappa shape index (κ3) is 6.67. The Balaban J connectivity index is 1.10. The Hall–Kier alpha value is -6.36. The van der Waals surface area contributed by atoms with E-state index in [1.54, 1.807) is 12.5 Å². The molecule has 0 aliphatic carbocycles. The van der Waals surface area contributed by atoms with E-state index in [0.717, 1.165) is 82.7 Å². The summed E-state index contributed by atoms with van der Waals surface area (Å²) in [6.45, 7) is 8.09. The fraction of sp³-hybridized carbons (Fsp3) is 0.289. The van der Waals surface area contributed by atoms with Gasteiger partial charge in [0.05, 0.1) is 34.6 Å². The summed E-state index contributed by atoms with van der Waals surface area (Å²) >= 11 is 0. The molecule has 2 aromatic carbocycles. The van der Waals surface area contributed by atoms with Crippen molar-refractivity contribution in [1.29, 1.82) is 0 Å². The quantitative estimate of drug-likeness (QED) is 0.154. The van der Waals surface area contributed by atoms with Gasteiger partial charge in [-0.15, -0.1) is 0 Å². The van der Waals surface area contributed by atoms with Crippen molar-refractivity contribution in [2.45, 2.75) is 52.4 Å². The number of dihydropyridines is 1. The first-order chi connectivity index (χ1) is 27.5. The Labute approximate surface area is 325 Å². The third-order valence-electron chi connectivity index (χ3n) is 11.1. The van der Waals surface area contributed by atoms with Gasteiger partial charge in [0, 0.05) is 60.8 Å². The zero-order valence-corrected chi connectivity index (χ0v) is 31.7. The number of anilines is 6. The molecule has 3 aromatic heterocycles. The third-order valence-corrected chi connectivity index (χ3v) is 11.1. The molecule has 2 fully saturated rings. The molecule has 5 aliphatic heterocycles. The minimum atomic E-state index is -0.313. The average molecular weight is 745 g/mol. The van der Waals surface area contributed by atoms with Crippen molar-refractivity contribution < 1.29 is 13.3 Å². The van der Waals surface area contributed by atoms with Crippen LogP contribution in [0.4, 0.5) is 34.5 Å². The van der Waals surface area contributed by atoms with Crippen LogP contribution in [0.5, 0.6) is 0 Å². The Kier molecular flexibility index (Phi) is 8.77. The van der Waals surface area contributed by atoms with Crippen molar-refractivity contribution >= 4 is 63.4 Å². The summed E-state index contributed by atoms with van der Waals surface area (Å²) in [6, 6.07) is 22.9. The zero-order valence-electron chi connectivity index (χ0n) is 31.7. The number of benzene rings is 2. The predicted molar refractivity (Wildman–Crippen MR) is 225 cm³/mol. The molecule has 0 spiro atoms. The molecule has 11 heteroatoms. The number of hydrogen-bond acceptors (Lipinski definition) is 11. The van der Waals surface area contributed by atoms with Crippen LogP contribution in [0.2, 0.25) is 0 Å². The van der Waals surface area contributed by atoms with E-state index in [0.29, 0.717) is 29.3 Å². The smallest absolute Gasteiger partial charge is 0.197 e. The lowest BCUT2D eigenvalue weighted by atomic mass is 9.86. The standard InChI is InChI=1S/C45H44N8O3/c1-28-9-15-40(55-28)46-38-25-32(52-18-5-3-6-19-52)11-13-34(38)36-23-31-24-37(49-45-42(31)44(48-36)50-43(51-45)30-17-22-54-27-30)35-14-12-33(53-20-7-4-8-21-53)26-39(35)47-41-16-10-29(2)56-41/h9-17,22-27,42,46-47H,3-8,18-21H2,1-2H3. The van der Waals surface area contributed by atoms with Crippen LogP contribution in [0.1, 0.15) is 66.7 Å². The molecule has 2 N–H and O–H groups in total. The first-order valence-electron chi connectivity index (χ1n) is 19.8. The summed E-state index contributed by atoms with van der Waals surface area (Å²) in [5, 5.41) is 7.18. The second kappa shape index (κ2) is 14.4. The van der Waals surface area contributed by atoms with Gasteiger partial charge in [-0.3, -0.25) is 0 Å². The van der Waals surface area contributed by atoms with Gasteiger partial charge in [-0.25, -0.2) is 20.0 Å². The van der Waals surface area contributed by atoms with Crippen LogP contribution in [0.3, 0.4) is 0 Å². The molecule has 0 bridgehead atoms. The molecule has 0 radical (unpaired) electrons. The lowest BCUT2D eigenvalue weighted by Crippen LogP contribution is -2.34. The van der Waals surface area contributed by atoms with E-state index >= 15 is 0 Å². The molecule has 5 aliphatic rings. The lowest BCUT2D eigenvalue weighted by Gasteiger charge is -2.31. The molecule has 56 heavy (non-hydrogen) atoms. The number of aliphatic imine (C=N–C) groups is 4. The van der Waals surface area contributed by atoms with E-state index in [-0.39, 0.29) is 5.92 Å². The summed E-state index contributed by atoms with van der Waals surface area (Å²) in [6.07, 6.45) is 14.9. The van der Waals surface area contributed by atoms with E-state index < -0.39 is 0 Å². The van der Waals surface area contributed by atoms with Gasteiger partial charge < -0.3 is 33.7 Å². The molecule has 5 aromatic rings. The SMILES string of the molecule is Cc1ccc(Nc2cc(N3CCCCC3)ccc2C2=CC3=CC(c4ccc(N5CCCCC5)cc4Nc4ccc(C)o4)=NC4=NC(c5ccoc5)=NC(=N2)C34)o1. The highest BCUT2D eigenvalue weighted by atomic mass is 16.4. The van der Waals surface area contributed by atoms with E-state index in [4.69, 9.17) is 33.2 Å². The summed E-state index contributed by atoms with van der Waals surface area (Å²) in [7, 11) is 0. The topological polar surface area (TPSA) is 119 Å². The fourth-order valence-electron chi connectivity index (χ4n) is 8.28. The van der Waals surface area contributed by atoms with Crippen LogP contribution in [0.25, 0.3) is 5.70 Å². The predicted octanol–water partition coefficient (Wildman–Crippen LogP) is 10.2. The van der Waals surface area contributed by atoms with E-state index in [1.165, 1.54) is 49.9 Å². The van der Waals surface area contributed by atoms with Crippen molar-refractivity contribution in [3.05, 3.63) is 125 Å². The number of allylic oxidation sites excluding steroid dienone is 2. The molecule has 8 heterocycles. The monoisotopic (exact) mass is 744 g/mol. The zero-order chi connectivity index (χ0) is 37.6. The molecule has 1 unspecified atom stereocenters. The minimum Gasteiger partial charge on any atom is -0.472 e. The molecular formula is C45H44N8O3. The van der Waals surface area contributed by atoms with Gasteiger partial charge in [0.15, 0.2) is 17.6 Å². The molecule has 10 rings (SSSR count). The van der Waals surface area contributed by atoms with Crippen LogP contribution in [-0.4, -0.2) is 49.4 Å². The molecular weight excluding hydrogens is 701 g/mol. The molecule has 0 amide bonds. The first kappa shape index (κ1) is 34.2. The number of rotatable bonds is 9. The summed E-state index contributed by atoms with van der Waals surface area (Å²) in [4.78, 5) is 25.5. The van der Waals surface area contributed by atoms with Gasteiger partial charge in [-0.05, 0) is 125 Å². The first-order valence-corrected chi connectivity index (χ1v) is 19.8. The number of hydrogen-bond donors (Lipinski definition) is 2. The second-order valence-corrected chi connectivity index (χ2v) is 15.1. The van der Waals surface area contributed by atoms with Gasteiger partial charge in [0.2, 0.25) is 0 Å². The van der Waals surface area contributed by atoms with Crippen LogP contribution < -0.4 is 20.4 Å². The van der Waals surface area contributed by atoms with Crippen molar-refractivity contribution in [2.75, 3.05) is 46.6 Å². The highest BCUT2D eigenvalue weighted by Crippen LogP contribution is 2.41. The number of amidine groups is 3. The van der Waals surface area contributed by atoms with E-state index in [1.807, 2.05) is 44.2 Å². The number of piperidine rings is 2. The maximum Gasteiger partial charge on any atom is 0.197 e. The summed E-state index contributed by atoms with van der Waals surface area (Å²) in [5.74, 6) is 4.53. The normalized spacial score (nSPS) is 19.3. The summed E-state index contributed by atoms with van der Waals surface area (Å²) in [5.41, 5.74) is 9.45. The molecule has 0 saturated carbocycles. The van der Waals surface area contributed by atoms with Crippen molar-refractivity contribution in [3.63, 3.8) is 0 Å². The van der Waals surface area contributed by atoms with Crippen LogP contribution in [0.15, 0.2) is 130 Å². The van der Waals surface area contributed by atoms with E-state index in [9.17, 15) is 0 Å². The second-order valence-electron chi connectivity index (χ2n) is 15.1. The van der Waals surface area contributed by atoms with Gasteiger partial charge >= 0.3 is 0 Å². The maximum absolute atomic E-state index is 6.02. The summed E-state index contributed by atoms with van der Waals surface area (Å²) < 4.78 is 17.5. The molecule has 282 valence electrons. The largest absolute Gasteiger partial charge is 0.472 e. The Bertz CT molecular complexity index is 2370.